The fraction of sp³-hybridized carbons (Fsp3) is 0.412. The standard InChI is InChI=1S/C26H32N2O4.C25H30N2O4/c1-3-32-15-14-28-18-23(21-6-4-5-7-24(21)28)20-10-12-27(13-11-20)17-19-8-9-25(31-2)22(16-19)26(29)30;1-30-14-13-27-17-22(20-5-3-4-6-23(20)27)19-9-11-26(12-10-19)16-18-7-8-24(31-2)21(15-18)25(28)29/h4-9,16,18,20H,3,10-15,17H2,1-2H3,(H,29,30);3-8,15,17,19H,9-14,16H2,1-2H3,(H,28,29). The highest BCUT2D eigenvalue weighted by Crippen LogP contribution is 2.37. The number of para-hydroxylation sites is 2. The molecule has 2 fully saturated rings. The molecule has 4 heterocycles. The number of benzene rings is 4. The number of rotatable bonds is 17. The van der Waals surface area contributed by atoms with Crippen LogP contribution in [0.25, 0.3) is 21.8 Å². The highest BCUT2D eigenvalue weighted by Gasteiger charge is 2.26. The van der Waals surface area contributed by atoms with Gasteiger partial charge in [-0.1, -0.05) is 48.5 Å². The fourth-order valence-electron chi connectivity index (χ4n) is 9.43. The minimum Gasteiger partial charge on any atom is -0.496 e. The predicted octanol–water partition coefficient (Wildman–Crippen LogP) is 9.14. The zero-order valence-corrected chi connectivity index (χ0v) is 37.1. The number of aromatic carboxylic acids is 2. The van der Waals surface area contributed by atoms with E-state index in [0.717, 1.165) is 102 Å². The summed E-state index contributed by atoms with van der Waals surface area (Å²) in [7, 11) is 4.74. The van der Waals surface area contributed by atoms with Crippen molar-refractivity contribution in [1.82, 2.24) is 18.9 Å². The van der Waals surface area contributed by atoms with Gasteiger partial charge in [-0.2, -0.15) is 0 Å². The van der Waals surface area contributed by atoms with E-state index in [4.69, 9.17) is 18.9 Å². The quantitative estimate of drug-likeness (QED) is 0.0858. The van der Waals surface area contributed by atoms with Crippen LogP contribution in [0.4, 0.5) is 0 Å². The van der Waals surface area contributed by atoms with Crippen molar-refractivity contribution < 1.29 is 38.7 Å². The third-order valence-corrected chi connectivity index (χ3v) is 12.7. The number of aromatic nitrogens is 2. The highest BCUT2D eigenvalue weighted by atomic mass is 16.5. The molecule has 2 N–H and O–H groups in total. The Morgan fingerprint density at radius 2 is 1.03 bits per heavy atom. The molecule has 334 valence electrons. The Labute approximate surface area is 370 Å². The summed E-state index contributed by atoms with van der Waals surface area (Å²) in [6, 6.07) is 28.2. The number of carbonyl (C=O) groups is 2. The van der Waals surface area contributed by atoms with Crippen molar-refractivity contribution in [3.8, 4) is 11.5 Å². The Balaban J connectivity index is 0.000000189. The number of likely N-dealkylation sites (tertiary alicyclic amines) is 2. The van der Waals surface area contributed by atoms with E-state index >= 15 is 0 Å². The minimum absolute atomic E-state index is 0.221. The Kier molecular flexibility index (Phi) is 15.6. The lowest BCUT2D eigenvalue weighted by molar-refractivity contribution is 0.0682. The van der Waals surface area contributed by atoms with Crippen molar-refractivity contribution in [2.45, 2.75) is 70.6 Å². The normalized spacial score (nSPS) is 15.4. The van der Waals surface area contributed by atoms with E-state index in [2.05, 4.69) is 79.9 Å². The van der Waals surface area contributed by atoms with Crippen LogP contribution >= 0.6 is 0 Å². The summed E-state index contributed by atoms with van der Waals surface area (Å²) in [5.74, 6) is -0.0313. The van der Waals surface area contributed by atoms with Gasteiger partial charge < -0.3 is 38.3 Å². The molecule has 0 radical (unpaired) electrons. The van der Waals surface area contributed by atoms with E-state index in [-0.39, 0.29) is 11.1 Å². The number of carboxylic acids is 2. The van der Waals surface area contributed by atoms with Crippen LogP contribution in [0, 0.1) is 0 Å². The van der Waals surface area contributed by atoms with E-state index in [1.807, 2.05) is 19.1 Å². The van der Waals surface area contributed by atoms with Crippen LogP contribution < -0.4 is 9.47 Å². The molecular weight excluding hydrogens is 797 g/mol. The number of ether oxygens (including phenoxy) is 4. The van der Waals surface area contributed by atoms with Crippen LogP contribution in [-0.2, 0) is 35.7 Å². The van der Waals surface area contributed by atoms with Gasteiger partial charge in [-0.3, -0.25) is 9.80 Å². The minimum atomic E-state index is -0.956. The summed E-state index contributed by atoms with van der Waals surface area (Å²) >= 11 is 0. The second-order valence-electron chi connectivity index (χ2n) is 16.6. The monoisotopic (exact) mass is 858 g/mol. The van der Waals surface area contributed by atoms with Crippen molar-refractivity contribution in [2.75, 3.05) is 67.3 Å². The average Bonchev–Trinajstić information content (AvgIpc) is 3.87. The van der Waals surface area contributed by atoms with Gasteiger partial charge in [0.1, 0.15) is 22.6 Å². The van der Waals surface area contributed by atoms with Crippen molar-refractivity contribution in [3.05, 3.63) is 131 Å². The van der Waals surface area contributed by atoms with Crippen molar-refractivity contribution in [3.63, 3.8) is 0 Å². The Bertz CT molecular complexity index is 2460. The van der Waals surface area contributed by atoms with Gasteiger partial charge in [0.2, 0.25) is 0 Å². The lowest BCUT2D eigenvalue weighted by Crippen LogP contribution is -2.32. The maximum Gasteiger partial charge on any atom is 0.339 e. The Morgan fingerprint density at radius 3 is 1.43 bits per heavy atom. The molecule has 0 unspecified atom stereocenters. The zero-order chi connectivity index (χ0) is 44.3. The van der Waals surface area contributed by atoms with E-state index in [1.165, 1.54) is 47.2 Å². The summed E-state index contributed by atoms with van der Waals surface area (Å²) in [6.07, 6.45) is 9.03. The lowest BCUT2D eigenvalue weighted by Gasteiger charge is -2.32. The first kappa shape index (κ1) is 45.4. The van der Waals surface area contributed by atoms with Gasteiger partial charge in [0.25, 0.3) is 0 Å². The maximum absolute atomic E-state index is 11.5. The van der Waals surface area contributed by atoms with Crippen LogP contribution in [0.5, 0.6) is 11.5 Å². The molecule has 2 saturated heterocycles. The second kappa shape index (κ2) is 21.6. The van der Waals surface area contributed by atoms with E-state index in [9.17, 15) is 19.8 Å². The molecule has 8 rings (SSSR count). The number of piperidine rings is 2. The number of nitrogens with zero attached hydrogens (tertiary/aromatic N) is 4. The van der Waals surface area contributed by atoms with Gasteiger partial charge in [-0.05, 0) is 129 Å². The maximum atomic E-state index is 11.5. The molecule has 4 aromatic carbocycles. The molecule has 2 aromatic heterocycles. The molecule has 12 nitrogen and oxygen atoms in total. The third-order valence-electron chi connectivity index (χ3n) is 12.7. The number of hydrogen-bond acceptors (Lipinski definition) is 8. The zero-order valence-electron chi connectivity index (χ0n) is 37.1. The second-order valence-corrected chi connectivity index (χ2v) is 16.6. The Hall–Kier alpha value is -5.66. The number of fused-ring (bicyclic) bond motifs is 2. The van der Waals surface area contributed by atoms with E-state index in [0.29, 0.717) is 29.9 Å². The molecule has 6 aromatic rings. The van der Waals surface area contributed by atoms with Gasteiger partial charge in [-0.25, -0.2) is 9.59 Å². The summed E-state index contributed by atoms with van der Waals surface area (Å²) in [5.41, 5.74) is 7.89. The van der Waals surface area contributed by atoms with Crippen LogP contribution in [-0.4, -0.2) is 108 Å². The van der Waals surface area contributed by atoms with Gasteiger partial charge in [0, 0.05) is 74.1 Å². The van der Waals surface area contributed by atoms with Crippen molar-refractivity contribution >= 4 is 33.7 Å². The van der Waals surface area contributed by atoms with Gasteiger partial charge in [-0.15, -0.1) is 0 Å². The molecule has 0 amide bonds. The summed E-state index contributed by atoms with van der Waals surface area (Å²) < 4.78 is 25.9. The van der Waals surface area contributed by atoms with Crippen molar-refractivity contribution in [1.29, 1.82) is 0 Å². The fourth-order valence-corrected chi connectivity index (χ4v) is 9.43. The number of methoxy groups -OCH3 is 3. The molecule has 2 aliphatic rings. The van der Waals surface area contributed by atoms with Gasteiger partial charge >= 0.3 is 11.9 Å². The van der Waals surface area contributed by atoms with Gasteiger partial charge in [0.05, 0.1) is 27.4 Å². The number of carboxylic acid groups (broad SMARTS) is 2. The van der Waals surface area contributed by atoms with Crippen LogP contribution in [0.3, 0.4) is 0 Å². The number of hydrogen-bond donors (Lipinski definition) is 2. The molecule has 63 heavy (non-hydrogen) atoms. The average molecular weight is 859 g/mol. The Morgan fingerprint density at radius 1 is 0.603 bits per heavy atom. The molecular formula is C51H62N4O8. The van der Waals surface area contributed by atoms with Crippen molar-refractivity contribution in [2.24, 2.45) is 0 Å². The van der Waals surface area contributed by atoms with Crippen LogP contribution in [0.15, 0.2) is 97.3 Å². The molecule has 12 heteroatoms. The largest absolute Gasteiger partial charge is 0.496 e. The summed E-state index contributed by atoms with van der Waals surface area (Å²) in [4.78, 5) is 27.8. The first-order chi connectivity index (χ1) is 30.7. The molecule has 0 saturated carbocycles. The van der Waals surface area contributed by atoms with Crippen LogP contribution in [0.2, 0.25) is 0 Å². The van der Waals surface area contributed by atoms with Gasteiger partial charge in [0.15, 0.2) is 0 Å². The first-order valence-corrected chi connectivity index (χ1v) is 22.2. The van der Waals surface area contributed by atoms with Crippen LogP contribution in [0.1, 0.15) is 87.4 Å². The topological polar surface area (TPSA) is 128 Å². The first-order valence-electron chi connectivity index (χ1n) is 22.2. The third kappa shape index (κ3) is 10.9. The smallest absolute Gasteiger partial charge is 0.339 e. The predicted molar refractivity (Wildman–Crippen MR) is 247 cm³/mol. The molecule has 0 atom stereocenters. The molecule has 0 bridgehead atoms. The van der Waals surface area contributed by atoms with E-state index in [1.54, 1.807) is 31.4 Å². The lowest BCUT2D eigenvalue weighted by atomic mass is 9.89. The molecule has 0 aliphatic carbocycles. The SMILES string of the molecule is CCOCCn1cc(C2CCN(Cc3ccc(OC)c(C(=O)O)c3)CC2)c2ccccc21.COCCn1cc(C2CCN(Cc3ccc(OC)c(C(=O)O)c3)CC2)c2ccccc21. The van der Waals surface area contributed by atoms with E-state index < -0.39 is 11.9 Å². The highest BCUT2D eigenvalue weighted by molar-refractivity contribution is 5.92. The summed E-state index contributed by atoms with van der Waals surface area (Å²) in [6.45, 7) is 11.4. The molecule has 2 aliphatic heterocycles. The molecule has 0 spiro atoms. The summed E-state index contributed by atoms with van der Waals surface area (Å²) in [5, 5.41) is 21.6.